The van der Waals surface area contributed by atoms with Crippen LogP contribution in [-0.2, 0) is 20.9 Å². The Labute approximate surface area is 357 Å². The highest BCUT2D eigenvalue weighted by Gasteiger charge is 2.40. The molecule has 6 heterocycles. The van der Waals surface area contributed by atoms with Gasteiger partial charge < -0.3 is 30.5 Å². The zero-order chi connectivity index (χ0) is 42.1. The fraction of sp³-hybridized carbons (Fsp3) is 0.442. The van der Waals surface area contributed by atoms with E-state index in [4.69, 9.17) is 33.7 Å². The second-order valence-corrected chi connectivity index (χ2v) is 16.9. The third kappa shape index (κ3) is 8.79. The summed E-state index contributed by atoms with van der Waals surface area (Å²) in [7, 11) is 0. The van der Waals surface area contributed by atoms with Gasteiger partial charge in [0.05, 0.1) is 17.3 Å². The number of aromatic nitrogens is 3. The number of unbranched alkanes of at least 4 members (excludes halogenated alkanes) is 1. The van der Waals surface area contributed by atoms with Crippen molar-refractivity contribution >= 4 is 58.3 Å². The van der Waals surface area contributed by atoms with Gasteiger partial charge >= 0.3 is 0 Å². The first kappa shape index (κ1) is 41.5. The zero-order valence-corrected chi connectivity index (χ0v) is 34.9. The Balaban J connectivity index is 0.733. The number of anilines is 2. The molecule has 4 N–H and O–H groups in total. The third-order valence-electron chi connectivity index (χ3n) is 12.1. The van der Waals surface area contributed by atoms with Gasteiger partial charge in [-0.05, 0) is 75.9 Å². The lowest BCUT2D eigenvalue weighted by atomic mass is 9.98. The average molecular weight is 861 g/mol. The first-order valence-electron chi connectivity index (χ1n) is 20.5. The van der Waals surface area contributed by atoms with E-state index in [2.05, 4.69) is 25.6 Å². The topological polar surface area (TPSA) is 168 Å². The molecular weight excluding hydrogens is 812 g/mol. The second kappa shape index (κ2) is 17.8. The second-order valence-electron chi connectivity index (χ2n) is 16.1. The van der Waals surface area contributed by atoms with Gasteiger partial charge in [0.25, 0.3) is 5.91 Å². The van der Waals surface area contributed by atoms with Crippen LogP contribution in [0.15, 0.2) is 55.0 Å². The van der Waals surface area contributed by atoms with Crippen molar-refractivity contribution in [2.24, 2.45) is 5.92 Å². The SMILES string of the molecule is C[C@@H](Oc1cc(-c2cnn(C3CCN(CCCCC(=O)N4CC(CNc5cccc6c5CN(C5CCC(=O)NC5=O)C6=O)C4)CC3)c2)cnc1N)c1c(Cl)ccc(F)c1Cl. The minimum Gasteiger partial charge on any atom is -0.482 e. The lowest BCUT2D eigenvalue weighted by molar-refractivity contribution is -0.138. The standard InChI is InChI=1S/C43H48Cl2FN9O5/c1-25(39-32(44)8-9-33(46)40(39)45)60-36-17-27(19-49-41(36)47)28-20-50-55(23-28)29-12-15-52(16-13-29)14-3-2-7-38(57)53-21-26(22-53)18-48-34-6-4-5-30-31(34)24-54(43(30)59)35-10-11-37(56)51-42(35)58/h4-6,8-9,17,19-20,23,25-26,29,35,48H,2-3,7,10-16,18,21-22,24H2,1H3,(H2,47,49)(H,51,56,58)/t25-,35?/m1/s1. The maximum absolute atomic E-state index is 14.2. The van der Waals surface area contributed by atoms with Gasteiger partial charge in [-0.3, -0.25) is 29.2 Å². The number of nitrogen functional groups attached to an aromatic ring is 1. The highest BCUT2D eigenvalue weighted by molar-refractivity contribution is 6.36. The number of fused-ring (bicyclic) bond motifs is 1. The number of nitrogens with one attached hydrogen (secondary N) is 2. The van der Waals surface area contributed by atoms with Crippen LogP contribution in [0.2, 0.25) is 10.0 Å². The van der Waals surface area contributed by atoms with Crippen LogP contribution in [0.3, 0.4) is 0 Å². The van der Waals surface area contributed by atoms with Crippen LogP contribution < -0.4 is 21.1 Å². The molecule has 0 bridgehead atoms. The molecule has 1 unspecified atom stereocenters. The van der Waals surface area contributed by atoms with Crippen LogP contribution >= 0.6 is 23.2 Å². The highest BCUT2D eigenvalue weighted by Crippen LogP contribution is 2.38. The molecule has 8 rings (SSSR count). The van der Waals surface area contributed by atoms with Gasteiger partial charge in [0.1, 0.15) is 18.0 Å². The quantitative estimate of drug-likeness (QED) is 0.0749. The Morgan fingerprint density at radius 2 is 1.87 bits per heavy atom. The number of ether oxygens (including phenoxy) is 1. The Morgan fingerprint density at radius 3 is 2.65 bits per heavy atom. The van der Waals surface area contributed by atoms with Crippen LogP contribution in [0.25, 0.3) is 11.1 Å². The van der Waals surface area contributed by atoms with Crippen molar-refractivity contribution in [3.63, 3.8) is 0 Å². The lowest BCUT2D eigenvalue weighted by Crippen LogP contribution is -2.52. The van der Waals surface area contributed by atoms with Crippen LogP contribution in [0, 0.1) is 11.7 Å². The summed E-state index contributed by atoms with van der Waals surface area (Å²) in [6, 6.07) is 9.61. The number of piperidine rings is 2. The summed E-state index contributed by atoms with van der Waals surface area (Å²) in [5.74, 6) is -0.477. The average Bonchev–Trinajstić information content (AvgIpc) is 3.84. The van der Waals surface area contributed by atoms with Crippen molar-refractivity contribution in [3.05, 3.63) is 87.5 Å². The van der Waals surface area contributed by atoms with Gasteiger partial charge in [0.2, 0.25) is 17.7 Å². The van der Waals surface area contributed by atoms with E-state index in [1.165, 1.54) is 12.1 Å². The molecule has 60 heavy (non-hydrogen) atoms. The molecule has 0 spiro atoms. The molecule has 14 nitrogen and oxygen atoms in total. The molecular formula is C43H48Cl2FN9O5. The van der Waals surface area contributed by atoms with Crippen LogP contribution in [-0.4, -0.2) is 98.4 Å². The molecule has 3 saturated heterocycles. The van der Waals surface area contributed by atoms with Gasteiger partial charge in [-0.2, -0.15) is 5.10 Å². The van der Waals surface area contributed by atoms with E-state index >= 15 is 0 Å². The molecule has 2 atom stereocenters. The number of carbonyl (C=O) groups is 4. The number of likely N-dealkylation sites (tertiary alicyclic amines) is 2. The Kier molecular flexibility index (Phi) is 12.3. The predicted molar refractivity (Wildman–Crippen MR) is 225 cm³/mol. The van der Waals surface area contributed by atoms with Gasteiger partial charge in [-0.1, -0.05) is 29.3 Å². The lowest BCUT2D eigenvalue weighted by Gasteiger charge is -2.39. The van der Waals surface area contributed by atoms with Crippen LogP contribution in [0.5, 0.6) is 5.75 Å². The molecule has 0 saturated carbocycles. The molecule has 4 aliphatic rings. The van der Waals surface area contributed by atoms with Gasteiger partial charge in [0, 0.05) is 109 Å². The molecule has 2 aromatic heterocycles. The monoisotopic (exact) mass is 859 g/mol. The number of nitrogens with zero attached hydrogens (tertiary/aromatic N) is 6. The maximum Gasteiger partial charge on any atom is 0.255 e. The molecule has 0 radical (unpaired) electrons. The molecule has 2 aromatic carbocycles. The summed E-state index contributed by atoms with van der Waals surface area (Å²) in [6.45, 7) is 6.98. The fourth-order valence-corrected chi connectivity index (χ4v) is 9.32. The van der Waals surface area contributed by atoms with Gasteiger partial charge in [-0.25, -0.2) is 9.37 Å². The van der Waals surface area contributed by atoms with Crippen molar-refractivity contribution < 1.29 is 28.3 Å². The predicted octanol–water partition coefficient (Wildman–Crippen LogP) is 6.25. The van der Waals surface area contributed by atoms with Crippen LogP contribution in [0.4, 0.5) is 15.9 Å². The number of pyridine rings is 1. The van der Waals surface area contributed by atoms with Gasteiger partial charge in [-0.15, -0.1) is 0 Å². The number of carbonyl (C=O) groups excluding carboxylic acids is 4. The smallest absolute Gasteiger partial charge is 0.255 e. The van der Waals surface area contributed by atoms with Crippen LogP contribution in [0.1, 0.15) is 85.5 Å². The number of hydrogen-bond donors (Lipinski definition) is 3. The summed E-state index contributed by atoms with van der Waals surface area (Å²) in [5.41, 5.74) is 10.4. The highest BCUT2D eigenvalue weighted by atomic mass is 35.5. The molecule has 0 aliphatic carbocycles. The van der Waals surface area contributed by atoms with E-state index in [1.54, 1.807) is 36.4 Å². The number of imide groups is 1. The first-order chi connectivity index (χ1) is 28.9. The maximum atomic E-state index is 14.2. The molecule has 17 heteroatoms. The van der Waals surface area contributed by atoms with Crippen molar-refractivity contribution in [2.45, 2.75) is 76.6 Å². The van der Waals surface area contributed by atoms with Crippen molar-refractivity contribution in [1.29, 1.82) is 0 Å². The summed E-state index contributed by atoms with van der Waals surface area (Å²) in [6.07, 6.45) is 9.62. The molecule has 3 fully saturated rings. The van der Waals surface area contributed by atoms with Gasteiger partial charge in [0.15, 0.2) is 11.6 Å². The fourth-order valence-electron chi connectivity index (χ4n) is 8.64. The molecule has 4 aliphatic heterocycles. The van der Waals surface area contributed by atoms with E-state index in [0.717, 1.165) is 67.7 Å². The number of rotatable bonds is 14. The van der Waals surface area contributed by atoms with E-state index in [0.29, 0.717) is 66.8 Å². The summed E-state index contributed by atoms with van der Waals surface area (Å²) < 4.78 is 22.2. The largest absolute Gasteiger partial charge is 0.482 e. The molecule has 4 aromatic rings. The third-order valence-corrected chi connectivity index (χ3v) is 12.8. The van der Waals surface area contributed by atoms with E-state index in [1.807, 2.05) is 27.9 Å². The molecule has 4 amide bonds. The van der Waals surface area contributed by atoms with E-state index in [-0.39, 0.29) is 41.0 Å². The van der Waals surface area contributed by atoms with Crippen molar-refractivity contribution in [3.8, 4) is 16.9 Å². The Morgan fingerprint density at radius 1 is 1.07 bits per heavy atom. The Hall–Kier alpha value is -5.25. The zero-order valence-electron chi connectivity index (χ0n) is 33.3. The number of nitrogens with two attached hydrogens (primary N) is 1. The minimum absolute atomic E-state index is 0.0959. The van der Waals surface area contributed by atoms with Crippen molar-refractivity contribution in [1.82, 2.24) is 34.8 Å². The summed E-state index contributed by atoms with van der Waals surface area (Å²) >= 11 is 12.5. The molecule has 316 valence electrons. The summed E-state index contributed by atoms with van der Waals surface area (Å²) in [4.78, 5) is 60.4. The van der Waals surface area contributed by atoms with Crippen molar-refractivity contribution in [2.75, 3.05) is 50.3 Å². The number of benzene rings is 2. The number of amides is 4. The summed E-state index contributed by atoms with van der Waals surface area (Å²) in [5, 5.41) is 10.7. The minimum atomic E-state index is -0.681. The number of halogens is 3. The Bertz CT molecular complexity index is 2290. The number of hydrogen-bond acceptors (Lipinski definition) is 10. The van der Waals surface area contributed by atoms with E-state index in [9.17, 15) is 23.6 Å². The first-order valence-corrected chi connectivity index (χ1v) is 21.3. The normalized spacial score (nSPS) is 19.3. The van der Waals surface area contributed by atoms with E-state index < -0.39 is 23.9 Å².